The van der Waals surface area contributed by atoms with Gasteiger partial charge in [0.25, 0.3) is 0 Å². The first-order valence-electron chi connectivity index (χ1n) is 13.5. The van der Waals surface area contributed by atoms with Gasteiger partial charge in [0.2, 0.25) is 0 Å². The summed E-state index contributed by atoms with van der Waals surface area (Å²) in [5.41, 5.74) is 0.694. The molecule has 0 radical (unpaired) electrons. The van der Waals surface area contributed by atoms with Crippen molar-refractivity contribution in [3.8, 4) is 6.01 Å². The Balaban J connectivity index is 1.28. The monoisotopic (exact) mass is 548 g/mol. The summed E-state index contributed by atoms with van der Waals surface area (Å²) in [7, 11) is 3.36. The third-order valence-electron chi connectivity index (χ3n) is 8.47. The molecule has 2 aromatic heterocycles. The van der Waals surface area contributed by atoms with E-state index in [0.717, 1.165) is 51.6 Å². The lowest BCUT2D eigenvalue weighted by molar-refractivity contribution is 0.0484. The van der Waals surface area contributed by atoms with Crippen molar-refractivity contribution in [2.45, 2.75) is 62.6 Å². The minimum atomic E-state index is -0.646. The maximum Gasteiger partial charge on any atom is 0.409 e. The van der Waals surface area contributed by atoms with E-state index in [1.165, 1.54) is 4.90 Å². The van der Waals surface area contributed by atoms with Crippen molar-refractivity contribution in [2.24, 2.45) is 0 Å². The number of carbonyl (C=O) groups is 1. The molecule has 206 valence electrons. The quantitative estimate of drug-likeness (QED) is 0.521. The van der Waals surface area contributed by atoms with Gasteiger partial charge in [-0.15, -0.1) is 0 Å². The number of anilines is 1. The highest BCUT2D eigenvalue weighted by Gasteiger charge is 2.50. The molecule has 6 heterocycles. The second-order valence-corrected chi connectivity index (χ2v) is 11.4. The molecule has 4 aliphatic rings. The number of amides is 1. The summed E-state index contributed by atoms with van der Waals surface area (Å²) in [4.78, 5) is 31.8. The molecule has 0 aliphatic carbocycles. The molecule has 1 amide bonds. The van der Waals surface area contributed by atoms with Gasteiger partial charge in [0.05, 0.1) is 29.3 Å². The van der Waals surface area contributed by atoms with Gasteiger partial charge in [0.15, 0.2) is 11.0 Å². The number of hydrogen-bond donors (Lipinski definition) is 0. The van der Waals surface area contributed by atoms with Crippen LogP contribution in [0.1, 0.15) is 44.2 Å². The van der Waals surface area contributed by atoms with E-state index in [1.807, 2.05) is 0 Å². The number of pyridine rings is 1. The van der Waals surface area contributed by atoms with Crippen molar-refractivity contribution >= 4 is 34.4 Å². The van der Waals surface area contributed by atoms with Crippen LogP contribution in [0.15, 0.2) is 0 Å². The molecule has 0 saturated carbocycles. The van der Waals surface area contributed by atoms with E-state index in [4.69, 9.17) is 30.8 Å². The van der Waals surface area contributed by atoms with Crippen LogP contribution in [0.25, 0.3) is 10.9 Å². The highest BCUT2D eigenvalue weighted by molar-refractivity contribution is 6.30. The van der Waals surface area contributed by atoms with Crippen molar-refractivity contribution in [2.75, 3.05) is 58.5 Å². The van der Waals surface area contributed by atoms with E-state index >= 15 is 4.39 Å². The molecule has 4 aliphatic heterocycles. The zero-order valence-corrected chi connectivity index (χ0v) is 22.7. The third-order valence-corrected chi connectivity index (χ3v) is 8.72. The number of ether oxygens (including phenoxy) is 3. The van der Waals surface area contributed by atoms with Crippen LogP contribution in [0.3, 0.4) is 0 Å². The minimum absolute atomic E-state index is 0.115. The molecular weight excluding hydrogens is 515 g/mol. The predicted molar refractivity (Wildman–Crippen MR) is 139 cm³/mol. The summed E-state index contributed by atoms with van der Waals surface area (Å²) in [5, 5.41) is 0.441. The summed E-state index contributed by atoms with van der Waals surface area (Å²) in [6, 6.07) is 0.410. The number of hydrogen-bond acceptors (Lipinski definition) is 9. The Morgan fingerprint density at radius 3 is 2.92 bits per heavy atom. The molecule has 3 fully saturated rings. The number of halogens is 2. The summed E-state index contributed by atoms with van der Waals surface area (Å²) < 4.78 is 32.9. The largest absolute Gasteiger partial charge is 0.461 e. The van der Waals surface area contributed by atoms with Crippen LogP contribution in [0, 0.1) is 5.82 Å². The number of fused-ring (bicyclic) bond motifs is 3. The van der Waals surface area contributed by atoms with Crippen molar-refractivity contribution in [1.29, 1.82) is 0 Å². The van der Waals surface area contributed by atoms with Crippen LogP contribution < -0.4 is 9.64 Å². The Morgan fingerprint density at radius 1 is 1.21 bits per heavy atom. The van der Waals surface area contributed by atoms with Crippen molar-refractivity contribution in [3.63, 3.8) is 0 Å². The molecule has 6 rings (SSSR count). The average molecular weight is 549 g/mol. The first-order chi connectivity index (χ1) is 18.4. The second-order valence-electron chi connectivity index (χ2n) is 11.0. The average Bonchev–Trinajstić information content (AvgIpc) is 3.32. The summed E-state index contributed by atoms with van der Waals surface area (Å²) >= 11 is 6.20. The van der Waals surface area contributed by atoms with E-state index in [9.17, 15) is 4.79 Å². The zero-order valence-electron chi connectivity index (χ0n) is 21.9. The molecule has 0 spiro atoms. The van der Waals surface area contributed by atoms with Crippen LogP contribution in [0.4, 0.5) is 15.0 Å². The number of aryl methyl sites for hydroxylation is 1. The van der Waals surface area contributed by atoms with E-state index < -0.39 is 5.82 Å². The maximum absolute atomic E-state index is 15.3. The summed E-state index contributed by atoms with van der Waals surface area (Å²) in [5.74, 6) is 0.00414. The van der Waals surface area contributed by atoms with Crippen LogP contribution in [-0.4, -0.2) is 102 Å². The molecular formula is C26H34ClFN6O4. The smallest absolute Gasteiger partial charge is 0.409 e. The number of rotatable bonds is 5. The third kappa shape index (κ3) is 4.52. The molecule has 10 nitrogen and oxygen atoms in total. The SMILES string of the molecule is CN(C)C(=O)OC[C@@H]1CC[C@]2(COc3nc4c5c(nc(Cl)c(F)c5n3)CC[C@H]3COCCCN43)CCCN12. The summed E-state index contributed by atoms with van der Waals surface area (Å²) in [6.45, 7) is 3.69. The highest BCUT2D eigenvalue weighted by atomic mass is 35.5. The molecule has 12 heteroatoms. The first kappa shape index (κ1) is 25.8. The lowest BCUT2D eigenvalue weighted by Crippen LogP contribution is -2.48. The minimum Gasteiger partial charge on any atom is -0.461 e. The molecule has 0 N–H and O–H groups in total. The molecule has 38 heavy (non-hydrogen) atoms. The lowest BCUT2D eigenvalue weighted by Gasteiger charge is -2.34. The van der Waals surface area contributed by atoms with Crippen molar-refractivity contribution in [3.05, 3.63) is 16.7 Å². The van der Waals surface area contributed by atoms with Gasteiger partial charge in [0.1, 0.15) is 24.5 Å². The van der Waals surface area contributed by atoms with E-state index in [2.05, 4.69) is 19.8 Å². The van der Waals surface area contributed by atoms with Crippen molar-refractivity contribution < 1.29 is 23.4 Å². The molecule has 2 aromatic rings. The van der Waals surface area contributed by atoms with Gasteiger partial charge in [-0.3, -0.25) is 4.90 Å². The van der Waals surface area contributed by atoms with Gasteiger partial charge >= 0.3 is 12.1 Å². The van der Waals surface area contributed by atoms with Crippen LogP contribution in [-0.2, 0) is 15.9 Å². The molecule has 3 atom stereocenters. The van der Waals surface area contributed by atoms with Crippen LogP contribution >= 0.6 is 11.6 Å². The summed E-state index contributed by atoms with van der Waals surface area (Å²) in [6.07, 6.45) is 5.85. The number of carbonyl (C=O) groups excluding carboxylic acids is 1. The standard InChI is InChI=1S/C26H34ClFN6O4/c1-32(2)25(35)37-14-17-7-9-26(8-3-11-34(17)26)15-38-24-30-21-19-18(29-22(27)20(21)28)6-5-16-13-36-12-4-10-33(16)23(19)31-24/h16-17H,3-15H2,1-2H3/t16-,17-,26-/m0/s1. The number of nitrogens with zero attached hydrogens (tertiary/aromatic N) is 6. The predicted octanol–water partition coefficient (Wildman–Crippen LogP) is 3.43. The Hall–Kier alpha value is -2.50. The van der Waals surface area contributed by atoms with Gasteiger partial charge in [0, 0.05) is 33.3 Å². The van der Waals surface area contributed by atoms with Gasteiger partial charge in [-0.1, -0.05) is 11.6 Å². The van der Waals surface area contributed by atoms with Gasteiger partial charge in [-0.25, -0.2) is 14.2 Å². The molecule has 3 saturated heterocycles. The normalized spacial score (nSPS) is 27.0. The van der Waals surface area contributed by atoms with Crippen molar-refractivity contribution in [1.82, 2.24) is 24.8 Å². The van der Waals surface area contributed by atoms with Gasteiger partial charge in [-0.2, -0.15) is 9.97 Å². The Kier molecular flexibility index (Phi) is 6.94. The molecule has 0 bridgehead atoms. The zero-order chi connectivity index (χ0) is 26.4. The fourth-order valence-electron chi connectivity index (χ4n) is 6.56. The Morgan fingerprint density at radius 2 is 2.08 bits per heavy atom. The van der Waals surface area contributed by atoms with Gasteiger partial charge < -0.3 is 24.0 Å². The molecule has 0 aromatic carbocycles. The van der Waals surface area contributed by atoms with E-state index in [-0.39, 0.29) is 40.4 Å². The van der Waals surface area contributed by atoms with Gasteiger partial charge in [-0.05, 0) is 51.5 Å². The van der Waals surface area contributed by atoms with Crippen LogP contribution in [0.5, 0.6) is 6.01 Å². The topological polar surface area (TPSA) is 93.2 Å². The first-order valence-corrected chi connectivity index (χ1v) is 13.9. The van der Waals surface area contributed by atoms with E-state index in [1.54, 1.807) is 14.1 Å². The van der Waals surface area contributed by atoms with Crippen LogP contribution in [0.2, 0.25) is 5.15 Å². The second kappa shape index (κ2) is 10.2. The fourth-order valence-corrected chi connectivity index (χ4v) is 6.75. The highest BCUT2D eigenvalue weighted by Crippen LogP contribution is 2.43. The molecule has 0 unspecified atom stereocenters. The fraction of sp³-hybridized carbons (Fsp3) is 0.692. The maximum atomic E-state index is 15.3. The number of aromatic nitrogens is 3. The Bertz CT molecular complexity index is 1230. The Labute approximate surface area is 226 Å². The lowest BCUT2D eigenvalue weighted by atomic mass is 9.95. The van der Waals surface area contributed by atoms with E-state index in [0.29, 0.717) is 49.7 Å².